The average Bonchev–Trinajstić information content (AvgIpc) is 2.33. The Balaban J connectivity index is 2.49. The van der Waals surface area contributed by atoms with Crippen LogP contribution in [0.2, 0.25) is 0 Å². The fourth-order valence-electron chi connectivity index (χ4n) is 1.81. The summed E-state index contributed by atoms with van der Waals surface area (Å²) in [6.07, 6.45) is 4.31. The lowest BCUT2D eigenvalue weighted by molar-refractivity contribution is -0.119. The van der Waals surface area contributed by atoms with E-state index in [0.717, 1.165) is 19.3 Å². The molecule has 0 aromatic carbocycles. The van der Waals surface area contributed by atoms with Crippen LogP contribution in [0.25, 0.3) is 0 Å². The third-order valence-corrected chi connectivity index (χ3v) is 3.10. The number of rotatable bonds is 6. The Labute approximate surface area is 113 Å². The highest BCUT2D eigenvalue weighted by Crippen LogP contribution is 2.12. The van der Waals surface area contributed by atoms with E-state index in [2.05, 4.69) is 5.32 Å². The summed E-state index contributed by atoms with van der Waals surface area (Å²) >= 11 is 0. The van der Waals surface area contributed by atoms with Crippen molar-refractivity contribution >= 4 is 11.6 Å². The Morgan fingerprint density at radius 3 is 2.63 bits per heavy atom. The van der Waals surface area contributed by atoms with Crippen molar-refractivity contribution in [2.75, 3.05) is 5.32 Å². The molecule has 0 fully saturated rings. The molecule has 0 saturated heterocycles. The van der Waals surface area contributed by atoms with Crippen molar-refractivity contribution in [1.82, 2.24) is 4.57 Å². The summed E-state index contributed by atoms with van der Waals surface area (Å²) in [5, 5.41) is 2.82. The van der Waals surface area contributed by atoms with Gasteiger partial charge in [-0.15, -0.1) is 0 Å². The minimum Gasteiger partial charge on any atom is -0.328 e. The lowest BCUT2D eigenvalue weighted by atomic mass is 10.0. The molecule has 0 saturated carbocycles. The molecule has 0 bridgehead atoms. The van der Waals surface area contributed by atoms with Gasteiger partial charge in [0, 0.05) is 31.3 Å². The number of carbonyl (C=O) groups excluding carboxylic acids is 1. The van der Waals surface area contributed by atoms with Crippen LogP contribution in [0.5, 0.6) is 0 Å². The first-order chi connectivity index (χ1) is 8.90. The second-order valence-electron chi connectivity index (χ2n) is 5.17. The summed E-state index contributed by atoms with van der Waals surface area (Å²) in [5.74, 6) is -0.0840. The molecule has 1 aromatic heterocycles. The van der Waals surface area contributed by atoms with E-state index in [-0.39, 0.29) is 23.4 Å². The van der Waals surface area contributed by atoms with Crippen LogP contribution in [0.15, 0.2) is 23.1 Å². The van der Waals surface area contributed by atoms with Gasteiger partial charge in [0.1, 0.15) is 0 Å². The van der Waals surface area contributed by atoms with E-state index in [1.807, 2.05) is 13.8 Å². The Kier molecular flexibility index (Phi) is 5.76. The highest BCUT2D eigenvalue weighted by atomic mass is 16.2. The second-order valence-corrected chi connectivity index (χ2v) is 5.17. The molecule has 0 spiro atoms. The Morgan fingerprint density at radius 2 is 2.05 bits per heavy atom. The number of nitrogens with zero attached hydrogens (tertiary/aromatic N) is 1. The maximum Gasteiger partial charge on any atom is 0.250 e. The Hall–Kier alpha value is -1.62. The zero-order valence-corrected chi connectivity index (χ0v) is 11.8. The average molecular weight is 265 g/mol. The molecule has 5 nitrogen and oxygen atoms in total. The van der Waals surface area contributed by atoms with Crippen LogP contribution in [-0.4, -0.2) is 16.5 Å². The first-order valence-electron chi connectivity index (χ1n) is 6.63. The monoisotopic (exact) mass is 265 g/mol. The maximum absolute atomic E-state index is 12.0. The molecule has 1 aromatic rings. The summed E-state index contributed by atoms with van der Waals surface area (Å²) in [6, 6.07) is 3.24. The highest BCUT2D eigenvalue weighted by Gasteiger charge is 2.13. The molecule has 0 radical (unpaired) electrons. The molecular weight excluding hydrogens is 242 g/mol. The van der Waals surface area contributed by atoms with E-state index in [4.69, 9.17) is 5.73 Å². The topological polar surface area (TPSA) is 77.1 Å². The quantitative estimate of drug-likeness (QED) is 0.818. The Morgan fingerprint density at radius 1 is 1.37 bits per heavy atom. The number of hydrogen-bond donors (Lipinski definition) is 2. The number of pyridine rings is 1. The molecule has 2 unspecified atom stereocenters. The zero-order valence-electron chi connectivity index (χ0n) is 11.8. The SMILES string of the molecule is CC(N)CCCC(C)C(=O)Nc1ccc(=O)n(C)c1. The first kappa shape index (κ1) is 15.4. The largest absolute Gasteiger partial charge is 0.328 e. The highest BCUT2D eigenvalue weighted by molar-refractivity contribution is 5.92. The molecule has 1 amide bonds. The van der Waals surface area contributed by atoms with Crippen molar-refractivity contribution < 1.29 is 4.79 Å². The van der Waals surface area contributed by atoms with Gasteiger partial charge in [-0.3, -0.25) is 9.59 Å². The van der Waals surface area contributed by atoms with E-state index in [1.54, 1.807) is 19.3 Å². The summed E-state index contributed by atoms with van der Waals surface area (Å²) in [7, 11) is 1.66. The number of nitrogens with one attached hydrogen (secondary N) is 1. The molecule has 0 aliphatic rings. The number of carbonyl (C=O) groups is 1. The lowest BCUT2D eigenvalue weighted by Crippen LogP contribution is -2.23. The van der Waals surface area contributed by atoms with Crippen molar-refractivity contribution in [2.24, 2.45) is 18.7 Å². The second kappa shape index (κ2) is 7.09. The minimum absolute atomic E-state index is 0.0247. The van der Waals surface area contributed by atoms with Crippen LogP contribution in [0.1, 0.15) is 33.1 Å². The zero-order chi connectivity index (χ0) is 14.4. The molecular formula is C14H23N3O2. The van der Waals surface area contributed by atoms with Crippen LogP contribution >= 0.6 is 0 Å². The van der Waals surface area contributed by atoms with E-state index in [0.29, 0.717) is 5.69 Å². The van der Waals surface area contributed by atoms with E-state index in [1.165, 1.54) is 10.6 Å². The summed E-state index contributed by atoms with van der Waals surface area (Å²) in [6.45, 7) is 3.87. The lowest BCUT2D eigenvalue weighted by Gasteiger charge is -2.13. The number of aryl methyl sites for hydroxylation is 1. The van der Waals surface area contributed by atoms with Crippen LogP contribution in [0, 0.1) is 5.92 Å². The maximum atomic E-state index is 12.0. The van der Waals surface area contributed by atoms with Gasteiger partial charge in [-0.2, -0.15) is 0 Å². The third kappa shape index (κ3) is 5.26. The predicted molar refractivity (Wildman–Crippen MR) is 77.0 cm³/mol. The van der Waals surface area contributed by atoms with Gasteiger partial charge in [-0.25, -0.2) is 0 Å². The van der Waals surface area contributed by atoms with Crippen molar-refractivity contribution in [2.45, 2.75) is 39.2 Å². The summed E-state index contributed by atoms with van der Waals surface area (Å²) in [5.41, 5.74) is 6.23. The van der Waals surface area contributed by atoms with Gasteiger partial charge in [-0.05, 0) is 25.8 Å². The van der Waals surface area contributed by atoms with Crippen molar-refractivity contribution in [3.05, 3.63) is 28.7 Å². The van der Waals surface area contributed by atoms with Crippen LogP contribution in [0.4, 0.5) is 5.69 Å². The molecule has 3 N–H and O–H groups in total. The molecule has 19 heavy (non-hydrogen) atoms. The number of nitrogens with two attached hydrogens (primary N) is 1. The van der Waals surface area contributed by atoms with Crippen LogP contribution in [-0.2, 0) is 11.8 Å². The van der Waals surface area contributed by atoms with Crippen molar-refractivity contribution in [3.63, 3.8) is 0 Å². The standard InChI is InChI=1S/C14H23N3O2/c1-10(5-4-6-11(2)15)14(19)16-12-7-8-13(18)17(3)9-12/h7-11H,4-6,15H2,1-3H3,(H,16,19). The fourth-order valence-corrected chi connectivity index (χ4v) is 1.81. The van der Waals surface area contributed by atoms with Crippen molar-refractivity contribution in [1.29, 1.82) is 0 Å². The normalized spacial score (nSPS) is 13.9. The molecule has 2 atom stereocenters. The Bertz CT molecular complexity index is 480. The van der Waals surface area contributed by atoms with Gasteiger partial charge in [0.2, 0.25) is 11.5 Å². The summed E-state index contributed by atoms with van der Waals surface area (Å²) in [4.78, 5) is 23.2. The van der Waals surface area contributed by atoms with Gasteiger partial charge in [0.05, 0.1) is 5.69 Å². The summed E-state index contributed by atoms with van der Waals surface area (Å²) < 4.78 is 1.44. The van der Waals surface area contributed by atoms with Gasteiger partial charge in [0.25, 0.3) is 0 Å². The fraction of sp³-hybridized carbons (Fsp3) is 0.571. The number of aromatic nitrogens is 1. The van der Waals surface area contributed by atoms with Crippen LogP contribution in [0.3, 0.4) is 0 Å². The number of anilines is 1. The molecule has 0 aliphatic heterocycles. The van der Waals surface area contributed by atoms with Gasteiger partial charge in [0.15, 0.2) is 0 Å². The third-order valence-electron chi connectivity index (χ3n) is 3.10. The number of hydrogen-bond acceptors (Lipinski definition) is 3. The van der Waals surface area contributed by atoms with Gasteiger partial charge in [-0.1, -0.05) is 13.3 Å². The molecule has 0 aliphatic carbocycles. The minimum atomic E-state index is -0.0945. The number of amides is 1. The first-order valence-corrected chi connectivity index (χ1v) is 6.63. The van der Waals surface area contributed by atoms with Gasteiger partial charge < -0.3 is 15.6 Å². The predicted octanol–water partition coefficient (Wildman–Crippen LogP) is 1.48. The molecule has 1 heterocycles. The van der Waals surface area contributed by atoms with Crippen LogP contribution < -0.4 is 16.6 Å². The van der Waals surface area contributed by atoms with Gasteiger partial charge >= 0.3 is 0 Å². The van der Waals surface area contributed by atoms with E-state index >= 15 is 0 Å². The molecule has 1 rings (SSSR count). The van der Waals surface area contributed by atoms with E-state index in [9.17, 15) is 9.59 Å². The molecule has 106 valence electrons. The van der Waals surface area contributed by atoms with E-state index < -0.39 is 0 Å². The molecule has 5 heteroatoms. The van der Waals surface area contributed by atoms with Crippen molar-refractivity contribution in [3.8, 4) is 0 Å². The smallest absolute Gasteiger partial charge is 0.250 e.